The van der Waals surface area contributed by atoms with Crippen molar-refractivity contribution in [2.45, 2.75) is 10.8 Å². The number of nitrogens with zero attached hydrogens (tertiary/aromatic N) is 2. The highest BCUT2D eigenvalue weighted by Crippen LogP contribution is 2.64. The van der Waals surface area contributed by atoms with Crippen LogP contribution < -0.4 is 0 Å². The van der Waals surface area contributed by atoms with Crippen LogP contribution in [-0.4, -0.2) is 9.97 Å². The highest BCUT2D eigenvalue weighted by atomic mass is 14.6. The van der Waals surface area contributed by atoms with Crippen LogP contribution in [0.4, 0.5) is 0 Å². The topological polar surface area (TPSA) is 25.8 Å². The maximum atomic E-state index is 4.45. The molecule has 3 aliphatic rings. The lowest BCUT2D eigenvalue weighted by Gasteiger charge is -2.33. The van der Waals surface area contributed by atoms with Crippen molar-refractivity contribution >= 4 is 0 Å². The second-order valence-corrected chi connectivity index (χ2v) is 23.1. The first kappa shape index (κ1) is 49.5. The Morgan fingerprint density at radius 1 is 0.174 bits per heavy atom. The molecular formula is C84H54N2. The first-order valence-electron chi connectivity index (χ1n) is 29.7. The van der Waals surface area contributed by atoms with E-state index in [0.717, 1.165) is 0 Å². The van der Waals surface area contributed by atoms with Crippen LogP contribution in [0, 0.1) is 0 Å². The van der Waals surface area contributed by atoms with E-state index in [2.05, 4.69) is 313 Å². The number of hydrogen-bond donors (Lipinski definition) is 0. The van der Waals surface area contributed by atoms with E-state index in [9.17, 15) is 0 Å². The highest BCUT2D eigenvalue weighted by Gasteiger charge is 2.52. The van der Waals surface area contributed by atoms with Gasteiger partial charge in [0.05, 0.1) is 10.8 Å². The predicted molar refractivity (Wildman–Crippen MR) is 354 cm³/mol. The van der Waals surface area contributed by atoms with E-state index < -0.39 is 10.8 Å². The van der Waals surface area contributed by atoms with Crippen molar-refractivity contribution in [2.24, 2.45) is 0 Å². The lowest BCUT2D eigenvalue weighted by atomic mass is 9.68. The van der Waals surface area contributed by atoms with Crippen LogP contribution >= 0.6 is 0 Å². The molecule has 0 fully saturated rings. The van der Waals surface area contributed by atoms with Gasteiger partial charge in [-0.25, -0.2) is 0 Å². The van der Waals surface area contributed by atoms with E-state index in [-0.39, 0.29) is 0 Å². The summed E-state index contributed by atoms with van der Waals surface area (Å²) in [4.78, 5) is 8.90. The number of rotatable bonds is 9. The highest BCUT2D eigenvalue weighted by molar-refractivity contribution is 6.01. The third-order valence-electron chi connectivity index (χ3n) is 18.8. The number of pyridine rings is 2. The van der Waals surface area contributed by atoms with Gasteiger partial charge in [0.2, 0.25) is 0 Å². The minimum absolute atomic E-state index is 0.416. The van der Waals surface area contributed by atoms with Crippen LogP contribution in [0.5, 0.6) is 0 Å². The second-order valence-electron chi connectivity index (χ2n) is 23.1. The minimum Gasteiger partial charge on any atom is -0.265 e. The summed E-state index contributed by atoms with van der Waals surface area (Å²) < 4.78 is 0. The molecule has 3 aliphatic carbocycles. The molecule has 0 bridgehead atoms. The molecule has 2 aromatic heterocycles. The van der Waals surface area contributed by atoms with Crippen molar-refractivity contribution in [1.29, 1.82) is 0 Å². The molecule has 0 N–H and O–H groups in total. The summed E-state index contributed by atoms with van der Waals surface area (Å²) >= 11 is 0. The van der Waals surface area contributed by atoms with Gasteiger partial charge in [0.15, 0.2) is 0 Å². The summed E-state index contributed by atoms with van der Waals surface area (Å²) in [6.07, 6.45) is 7.64. The van der Waals surface area contributed by atoms with Gasteiger partial charge in [0.1, 0.15) is 0 Å². The molecule has 400 valence electrons. The lowest BCUT2D eigenvalue weighted by molar-refractivity contribution is 0.764. The van der Waals surface area contributed by atoms with Gasteiger partial charge in [-0.15, -0.1) is 0 Å². The molecule has 0 amide bonds. The van der Waals surface area contributed by atoms with Crippen LogP contribution in [0.1, 0.15) is 44.5 Å². The van der Waals surface area contributed by atoms with E-state index in [4.69, 9.17) is 0 Å². The zero-order valence-corrected chi connectivity index (χ0v) is 47.1. The molecular weight excluding hydrogens is 1040 g/mol. The van der Waals surface area contributed by atoms with Crippen molar-refractivity contribution < 1.29 is 0 Å². The van der Waals surface area contributed by atoms with Gasteiger partial charge in [-0.05, 0) is 229 Å². The SMILES string of the molecule is c1ccc(-c2cc(-c3cccc(-c4cccc(-c5cccc(-c6cccc(-c7ccc8c(c7)C(c7ccncc7)(c7ccncc7)c7ccccc7-8)c6)c5)c4)c3)cc(-c3cccc4c3-c3ccccc3C43c4ccccc4-c4ccccc43)c2)cc1. The molecule has 0 saturated carbocycles. The van der Waals surface area contributed by atoms with E-state index in [1.165, 1.54) is 156 Å². The quantitative estimate of drug-likeness (QED) is 0.144. The van der Waals surface area contributed by atoms with Gasteiger partial charge < -0.3 is 0 Å². The number of fused-ring (bicyclic) bond motifs is 13. The van der Waals surface area contributed by atoms with Crippen molar-refractivity contribution in [3.63, 3.8) is 0 Å². The first-order valence-corrected chi connectivity index (χ1v) is 29.7. The predicted octanol–water partition coefficient (Wildman–Crippen LogP) is 20.9. The van der Waals surface area contributed by atoms with Crippen molar-refractivity contribution in [1.82, 2.24) is 9.97 Å². The fourth-order valence-corrected chi connectivity index (χ4v) is 15.1. The molecule has 1 spiro atoms. The molecule has 0 saturated heterocycles. The Hall–Kier alpha value is -11.1. The summed E-state index contributed by atoms with van der Waals surface area (Å²) in [5, 5.41) is 0. The summed E-state index contributed by atoms with van der Waals surface area (Å²) in [6, 6.07) is 113. The smallest absolute Gasteiger partial charge is 0.0725 e. The van der Waals surface area contributed by atoms with Crippen LogP contribution in [0.15, 0.2) is 328 Å². The molecule has 2 nitrogen and oxygen atoms in total. The first-order chi connectivity index (χ1) is 42.6. The van der Waals surface area contributed by atoms with Gasteiger partial charge in [-0.1, -0.05) is 231 Å². The van der Waals surface area contributed by atoms with E-state index in [1.807, 2.05) is 24.8 Å². The molecule has 0 unspecified atom stereocenters. The molecule has 17 rings (SSSR count). The summed E-state index contributed by atoms with van der Waals surface area (Å²) in [6.45, 7) is 0. The van der Waals surface area contributed by atoms with E-state index >= 15 is 0 Å². The van der Waals surface area contributed by atoms with Gasteiger partial charge >= 0.3 is 0 Å². The normalized spacial score (nSPS) is 13.3. The molecule has 0 aliphatic heterocycles. The molecule has 2 heterocycles. The third-order valence-corrected chi connectivity index (χ3v) is 18.8. The van der Waals surface area contributed by atoms with Crippen molar-refractivity contribution in [3.05, 3.63) is 373 Å². The Morgan fingerprint density at radius 2 is 0.488 bits per heavy atom. The van der Waals surface area contributed by atoms with Gasteiger partial charge in [0, 0.05) is 24.8 Å². The molecule has 12 aromatic carbocycles. The summed E-state index contributed by atoms with van der Waals surface area (Å²) in [5.74, 6) is 0. The second kappa shape index (κ2) is 19.8. The Morgan fingerprint density at radius 3 is 0.977 bits per heavy atom. The fraction of sp³-hybridized carbons (Fsp3) is 0.0238. The number of benzene rings is 12. The monoisotopic (exact) mass is 1090 g/mol. The van der Waals surface area contributed by atoms with Crippen LogP contribution in [-0.2, 0) is 10.8 Å². The lowest BCUT2D eigenvalue weighted by Crippen LogP contribution is -2.28. The molecule has 2 heteroatoms. The van der Waals surface area contributed by atoms with Crippen molar-refractivity contribution in [3.8, 4) is 111 Å². The molecule has 14 aromatic rings. The molecule has 0 atom stereocenters. The fourth-order valence-electron chi connectivity index (χ4n) is 15.1. The maximum Gasteiger partial charge on any atom is 0.0725 e. The van der Waals surface area contributed by atoms with E-state index in [1.54, 1.807) is 0 Å². The van der Waals surface area contributed by atoms with Crippen LogP contribution in [0.2, 0.25) is 0 Å². The third kappa shape index (κ3) is 7.53. The Kier molecular flexibility index (Phi) is 11.4. The Labute approximate surface area is 501 Å². The standard InChI is InChI=1S/C84H54N2/c1-2-17-55(18-3-1)65-51-66(53-67(52-65)70-31-16-36-80-82(70)75-30-7-11-35-79(75)84(80)77-33-9-5-27-71(77)72-28-6-10-34-78(72)84)63-26-15-24-61(50-63)59-22-13-20-57(48-59)56-19-12-21-58(47-56)60-23-14-25-62(49-60)64-37-38-74-73-29-4-8-32-76(73)83(81(74)54-64,68-39-43-85-44-40-68)69-41-45-86-46-42-69/h1-54H. The average molecular weight is 1090 g/mol. The zero-order chi connectivity index (χ0) is 56.8. The van der Waals surface area contributed by atoms with Crippen molar-refractivity contribution in [2.75, 3.05) is 0 Å². The minimum atomic E-state index is -0.536. The number of hydrogen-bond acceptors (Lipinski definition) is 2. The largest absolute Gasteiger partial charge is 0.265 e. The number of aromatic nitrogens is 2. The summed E-state index contributed by atoms with van der Waals surface area (Å²) in [5.41, 5.74) is 33.6. The summed E-state index contributed by atoms with van der Waals surface area (Å²) in [7, 11) is 0. The van der Waals surface area contributed by atoms with E-state index in [0.29, 0.717) is 0 Å². The van der Waals surface area contributed by atoms with Crippen LogP contribution in [0.25, 0.3) is 111 Å². The van der Waals surface area contributed by atoms with Gasteiger partial charge in [0.25, 0.3) is 0 Å². The Balaban J connectivity index is 0.725. The van der Waals surface area contributed by atoms with Gasteiger partial charge in [-0.2, -0.15) is 0 Å². The maximum absolute atomic E-state index is 4.45. The molecule has 0 radical (unpaired) electrons. The average Bonchev–Trinajstić information content (AvgIpc) is 1.53. The Bertz CT molecular complexity index is 4910. The van der Waals surface area contributed by atoms with Gasteiger partial charge in [-0.3, -0.25) is 9.97 Å². The zero-order valence-electron chi connectivity index (χ0n) is 47.1. The molecule has 86 heavy (non-hydrogen) atoms. The van der Waals surface area contributed by atoms with Crippen LogP contribution in [0.3, 0.4) is 0 Å².